The first kappa shape index (κ1) is 17.8. The van der Waals surface area contributed by atoms with Crippen molar-refractivity contribution < 1.29 is 14.0 Å². The zero-order chi connectivity index (χ0) is 18.5. The van der Waals surface area contributed by atoms with E-state index in [9.17, 15) is 14.0 Å². The van der Waals surface area contributed by atoms with Gasteiger partial charge >= 0.3 is 0 Å². The quantitative estimate of drug-likeness (QED) is 0.690. The monoisotopic (exact) mass is 368 g/mol. The minimum Gasteiger partial charge on any atom is -0.324 e. The van der Waals surface area contributed by atoms with Crippen molar-refractivity contribution in [3.05, 3.63) is 81.8 Å². The molecular formula is C20H17FN2O2S. The molecule has 3 rings (SSSR count). The molecule has 132 valence electrons. The van der Waals surface area contributed by atoms with E-state index >= 15 is 0 Å². The molecule has 0 aliphatic carbocycles. The highest BCUT2D eigenvalue weighted by Gasteiger charge is 2.15. The van der Waals surface area contributed by atoms with E-state index in [4.69, 9.17) is 0 Å². The van der Waals surface area contributed by atoms with Crippen molar-refractivity contribution in [2.24, 2.45) is 0 Å². The average Bonchev–Trinajstić information content (AvgIpc) is 3.11. The predicted octanol–water partition coefficient (Wildman–Crippen LogP) is 4.63. The van der Waals surface area contributed by atoms with Gasteiger partial charge in [-0.05, 0) is 42.6 Å². The molecule has 0 atom stereocenters. The Morgan fingerprint density at radius 2 is 1.73 bits per heavy atom. The molecule has 2 aromatic carbocycles. The maximum atomic E-state index is 13.9. The molecule has 0 unspecified atom stereocenters. The molecule has 4 nitrogen and oxygen atoms in total. The Bertz CT molecular complexity index is 939. The minimum absolute atomic E-state index is 0.0373. The van der Waals surface area contributed by atoms with Gasteiger partial charge in [-0.25, -0.2) is 4.39 Å². The summed E-state index contributed by atoms with van der Waals surface area (Å²) in [5, 5.41) is 7.37. The van der Waals surface area contributed by atoms with Gasteiger partial charge in [0.25, 0.3) is 5.91 Å². The summed E-state index contributed by atoms with van der Waals surface area (Å²) in [5.41, 5.74) is 1.63. The molecule has 0 aliphatic rings. The highest BCUT2D eigenvalue weighted by molar-refractivity contribution is 7.10. The predicted molar refractivity (Wildman–Crippen MR) is 102 cm³/mol. The van der Waals surface area contributed by atoms with Crippen LogP contribution in [0.1, 0.15) is 20.8 Å². The first-order chi connectivity index (χ1) is 12.5. The van der Waals surface area contributed by atoms with Gasteiger partial charge in [-0.15, -0.1) is 11.3 Å². The van der Waals surface area contributed by atoms with Crippen molar-refractivity contribution in [2.75, 3.05) is 10.6 Å². The molecule has 3 aromatic rings. The van der Waals surface area contributed by atoms with Gasteiger partial charge in [-0.2, -0.15) is 0 Å². The maximum Gasteiger partial charge on any atom is 0.258 e. The molecule has 0 spiro atoms. The van der Waals surface area contributed by atoms with Gasteiger partial charge in [0.1, 0.15) is 5.82 Å². The van der Waals surface area contributed by atoms with Gasteiger partial charge < -0.3 is 10.6 Å². The van der Waals surface area contributed by atoms with Gasteiger partial charge in [0.2, 0.25) is 5.91 Å². The number of carbonyl (C=O) groups excluding carboxylic acids is 2. The number of hydrogen-bond donors (Lipinski definition) is 2. The molecule has 0 saturated heterocycles. The number of para-hydroxylation sites is 2. The van der Waals surface area contributed by atoms with Crippen molar-refractivity contribution >= 4 is 34.5 Å². The molecule has 0 fully saturated rings. The third-order valence-corrected chi connectivity index (χ3v) is 4.61. The summed E-state index contributed by atoms with van der Waals surface area (Å²) >= 11 is 1.50. The summed E-state index contributed by atoms with van der Waals surface area (Å²) < 4.78 is 13.9. The largest absolute Gasteiger partial charge is 0.324 e. The summed E-state index contributed by atoms with van der Waals surface area (Å²) in [5.74, 6) is -1.34. The van der Waals surface area contributed by atoms with E-state index in [1.54, 1.807) is 37.3 Å². The van der Waals surface area contributed by atoms with Crippen molar-refractivity contribution in [3.8, 4) is 0 Å². The molecule has 2 N–H and O–H groups in total. The van der Waals surface area contributed by atoms with Crippen molar-refractivity contribution in [1.82, 2.24) is 0 Å². The van der Waals surface area contributed by atoms with E-state index in [-0.39, 0.29) is 17.9 Å². The fourth-order valence-electron chi connectivity index (χ4n) is 2.47. The van der Waals surface area contributed by atoms with Crippen LogP contribution in [0.5, 0.6) is 0 Å². The summed E-state index contributed by atoms with van der Waals surface area (Å²) in [4.78, 5) is 25.6. The molecule has 26 heavy (non-hydrogen) atoms. The second kappa shape index (κ2) is 7.93. The van der Waals surface area contributed by atoms with E-state index < -0.39 is 11.7 Å². The number of hydrogen-bond acceptors (Lipinski definition) is 3. The zero-order valence-electron chi connectivity index (χ0n) is 14.1. The Labute approximate surface area is 154 Å². The Balaban J connectivity index is 1.75. The molecule has 1 aromatic heterocycles. The highest BCUT2D eigenvalue weighted by Crippen LogP contribution is 2.23. The Hall–Kier alpha value is -2.99. The molecule has 6 heteroatoms. The van der Waals surface area contributed by atoms with E-state index in [0.717, 1.165) is 10.4 Å². The lowest BCUT2D eigenvalue weighted by Crippen LogP contribution is -2.18. The van der Waals surface area contributed by atoms with E-state index in [1.807, 2.05) is 17.5 Å². The Kier molecular flexibility index (Phi) is 5.43. The van der Waals surface area contributed by atoms with Crippen LogP contribution in [0.2, 0.25) is 0 Å². The summed E-state index contributed by atoms with van der Waals surface area (Å²) in [6, 6.07) is 15.0. The van der Waals surface area contributed by atoms with Crippen LogP contribution in [-0.2, 0) is 11.2 Å². The fourth-order valence-corrected chi connectivity index (χ4v) is 3.17. The fraction of sp³-hybridized carbons (Fsp3) is 0.100. The molecule has 1 heterocycles. The van der Waals surface area contributed by atoms with Crippen molar-refractivity contribution in [1.29, 1.82) is 0 Å². The van der Waals surface area contributed by atoms with E-state index in [0.29, 0.717) is 11.4 Å². The summed E-state index contributed by atoms with van der Waals surface area (Å²) in [6.45, 7) is 1.79. The molecule has 0 aliphatic heterocycles. The lowest BCUT2D eigenvalue weighted by atomic mass is 10.1. The lowest BCUT2D eigenvalue weighted by Gasteiger charge is -2.12. The second-order valence-corrected chi connectivity index (χ2v) is 6.82. The van der Waals surface area contributed by atoms with Gasteiger partial charge in [0.15, 0.2) is 0 Å². The van der Waals surface area contributed by atoms with Gasteiger partial charge in [0.05, 0.1) is 23.4 Å². The number of carbonyl (C=O) groups is 2. The molecule has 0 radical (unpaired) electrons. The van der Waals surface area contributed by atoms with Crippen LogP contribution in [0.15, 0.2) is 60.0 Å². The molecular weight excluding hydrogens is 351 g/mol. The third-order valence-electron chi connectivity index (χ3n) is 3.73. The standard InChI is InChI=1S/C20H17FN2O2S/c1-13-8-9-16(21)15(11-13)20(25)23-18-7-3-2-6-17(18)22-19(24)12-14-5-4-10-26-14/h2-11H,12H2,1H3,(H,22,24)(H,23,25). The average molecular weight is 368 g/mol. The first-order valence-corrected chi connectivity index (χ1v) is 8.89. The Morgan fingerprint density at radius 1 is 1.00 bits per heavy atom. The number of benzene rings is 2. The third kappa shape index (κ3) is 4.34. The summed E-state index contributed by atoms with van der Waals surface area (Å²) in [7, 11) is 0. The number of nitrogens with one attached hydrogen (secondary N) is 2. The maximum absolute atomic E-state index is 13.9. The van der Waals surface area contributed by atoms with Crippen LogP contribution in [0.25, 0.3) is 0 Å². The van der Waals surface area contributed by atoms with Crippen LogP contribution < -0.4 is 10.6 Å². The molecule has 0 bridgehead atoms. The smallest absolute Gasteiger partial charge is 0.258 e. The van der Waals surface area contributed by atoms with Gasteiger partial charge in [0, 0.05) is 4.88 Å². The highest BCUT2D eigenvalue weighted by atomic mass is 32.1. The second-order valence-electron chi connectivity index (χ2n) is 5.79. The van der Waals surface area contributed by atoms with E-state index in [2.05, 4.69) is 10.6 Å². The lowest BCUT2D eigenvalue weighted by molar-refractivity contribution is -0.115. The number of halogens is 1. The first-order valence-electron chi connectivity index (χ1n) is 8.01. The number of rotatable bonds is 5. The SMILES string of the molecule is Cc1ccc(F)c(C(=O)Nc2ccccc2NC(=O)Cc2cccs2)c1. The van der Waals surface area contributed by atoms with Crippen molar-refractivity contribution in [2.45, 2.75) is 13.3 Å². The van der Waals surface area contributed by atoms with Crippen LogP contribution in [0.3, 0.4) is 0 Å². The zero-order valence-corrected chi connectivity index (χ0v) is 14.9. The molecule has 0 saturated carbocycles. The molecule has 2 amide bonds. The number of amides is 2. The Morgan fingerprint density at radius 3 is 2.42 bits per heavy atom. The number of thiophene rings is 1. The van der Waals surface area contributed by atoms with Crippen LogP contribution in [-0.4, -0.2) is 11.8 Å². The number of anilines is 2. The minimum atomic E-state index is -0.590. The summed E-state index contributed by atoms with van der Waals surface area (Å²) in [6.07, 6.45) is 0.256. The van der Waals surface area contributed by atoms with E-state index in [1.165, 1.54) is 23.5 Å². The van der Waals surface area contributed by atoms with Crippen LogP contribution >= 0.6 is 11.3 Å². The normalized spacial score (nSPS) is 10.4. The number of aryl methyl sites for hydroxylation is 1. The van der Waals surface area contributed by atoms with Gasteiger partial charge in [-0.3, -0.25) is 9.59 Å². The van der Waals surface area contributed by atoms with Crippen molar-refractivity contribution in [3.63, 3.8) is 0 Å². The topological polar surface area (TPSA) is 58.2 Å². The van der Waals surface area contributed by atoms with Crippen LogP contribution in [0.4, 0.5) is 15.8 Å². The van der Waals surface area contributed by atoms with Crippen LogP contribution in [0, 0.1) is 12.7 Å². The van der Waals surface area contributed by atoms with Gasteiger partial charge in [-0.1, -0.05) is 29.8 Å².